The maximum Gasteiger partial charge on any atom is 0.269 e. The molecule has 10 nitrogen and oxygen atoms in total. The third-order valence-corrected chi connectivity index (χ3v) is 6.28. The molecule has 3 amide bonds. The highest BCUT2D eigenvalue weighted by atomic mass is 35.5. The molecule has 0 bridgehead atoms. The van der Waals surface area contributed by atoms with Gasteiger partial charge in [0, 0.05) is 35.4 Å². The summed E-state index contributed by atoms with van der Waals surface area (Å²) < 4.78 is 15.5. The number of hydrogen-bond donors (Lipinski definition) is 3. The van der Waals surface area contributed by atoms with E-state index in [2.05, 4.69) is 20.7 Å². The smallest absolute Gasteiger partial charge is 0.269 e. The van der Waals surface area contributed by atoms with Crippen molar-refractivity contribution in [3.63, 3.8) is 0 Å². The molecule has 0 saturated heterocycles. The molecule has 0 radical (unpaired) electrons. The van der Waals surface area contributed by atoms with E-state index in [1.807, 2.05) is 6.07 Å². The SMILES string of the molecule is CC(C)N(CC(=O)NCc1cccc(Cl)c1F)C(=O)Cn1nc(C(N)=O)c2cc(Nc3cccnc3)ccc21. The van der Waals surface area contributed by atoms with E-state index in [4.69, 9.17) is 17.3 Å². The van der Waals surface area contributed by atoms with Gasteiger partial charge >= 0.3 is 0 Å². The van der Waals surface area contributed by atoms with E-state index in [-0.39, 0.29) is 42.0 Å². The van der Waals surface area contributed by atoms with Crippen LogP contribution in [0.5, 0.6) is 0 Å². The van der Waals surface area contributed by atoms with E-state index >= 15 is 0 Å². The first-order valence-electron chi connectivity index (χ1n) is 12.1. The third-order valence-electron chi connectivity index (χ3n) is 5.98. The van der Waals surface area contributed by atoms with Gasteiger partial charge in [-0.05, 0) is 50.2 Å². The standard InChI is InChI=1S/C27H27ClFN7O3/c1-16(2)35(14-23(37)32-12-17-5-3-7-21(28)25(17)29)24(38)15-36-22-9-8-18(33-19-6-4-10-31-13-19)11-20(22)26(34-36)27(30)39/h3-11,13,16,33H,12,14-15H2,1-2H3,(H2,30,39)(H,32,37). The van der Waals surface area contributed by atoms with Gasteiger partial charge in [-0.25, -0.2) is 4.39 Å². The number of anilines is 2. The van der Waals surface area contributed by atoms with Crippen LogP contribution in [-0.2, 0) is 22.7 Å². The highest BCUT2D eigenvalue weighted by Crippen LogP contribution is 2.25. The van der Waals surface area contributed by atoms with E-state index < -0.39 is 23.5 Å². The first-order chi connectivity index (χ1) is 18.6. The largest absolute Gasteiger partial charge is 0.364 e. The summed E-state index contributed by atoms with van der Waals surface area (Å²) in [6.45, 7) is 2.99. The maximum absolute atomic E-state index is 14.1. The van der Waals surface area contributed by atoms with Crippen molar-refractivity contribution in [2.24, 2.45) is 5.73 Å². The summed E-state index contributed by atoms with van der Waals surface area (Å²) >= 11 is 5.80. The number of fused-ring (bicyclic) bond motifs is 1. The fourth-order valence-corrected chi connectivity index (χ4v) is 4.22. The number of nitrogens with two attached hydrogens (primary N) is 1. The van der Waals surface area contributed by atoms with E-state index in [0.29, 0.717) is 16.6 Å². The zero-order valence-corrected chi connectivity index (χ0v) is 22.1. The molecule has 0 aliphatic heterocycles. The zero-order valence-electron chi connectivity index (χ0n) is 21.3. The number of nitrogens with zero attached hydrogens (tertiary/aromatic N) is 4. The Morgan fingerprint density at radius 2 is 1.92 bits per heavy atom. The number of nitrogens with one attached hydrogen (secondary N) is 2. The molecule has 0 unspecified atom stereocenters. The first-order valence-corrected chi connectivity index (χ1v) is 12.5. The number of hydrogen-bond acceptors (Lipinski definition) is 6. The lowest BCUT2D eigenvalue weighted by Crippen LogP contribution is -2.45. The molecule has 0 saturated carbocycles. The minimum Gasteiger partial charge on any atom is -0.364 e. The van der Waals surface area contributed by atoms with E-state index in [9.17, 15) is 18.8 Å². The number of aromatic nitrogens is 3. The fraction of sp³-hybridized carbons (Fsp3) is 0.222. The molecular formula is C27H27ClFN7O3. The van der Waals surface area contributed by atoms with Crippen LogP contribution in [0.4, 0.5) is 15.8 Å². The van der Waals surface area contributed by atoms with Crippen molar-refractivity contribution in [1.29, 1.82) is 0 Å². The van der Waals surface area contributed by atoms with Crippen LogP contribution in [0, 0.1) is 5.82 Å². The molecular weight excluding hydrogens is 525 g/mol. The molecule has 2 heterocycles. The lowest BCUT2D eigenvalue weighted by molar-refractivity contribution is -0.138. The number of carbonyl (C=O) groups is 3. The van der Waals surface area contributed by atoms with Gasteiger partial charge in [-0.15, -0.1) is 0 Å². The van der Waals surface area contributed by atoms with Crippen molar-refractivity contribution in [2.75, 3.05) is 11.9 Å². The van der Waals surface area contributed by atoms with Crippen LogP contribution in [0.15, 0.2) is 60.9 Å². The number of rotatable bonds is 10. The Labute approximate surface area is 228 Å². The molecule has 2 aromatic carbocycles. The second kappa shape index (κ2) is 11.9. The molecule has 4 aromatic rings. The molecule has 12 heteroatoms. The van der Waals surface area contributed by atoms with E-state index in [0.717, 1.165) is 5.69 Å². The number of halogens is 2. The molecule has 0 spiro atoms. The molecule has 0 atom stereocenters. The fourth-order valence-electron chi connectivity index (χ4n) is 4.03. The number of benzene rings is 2. The Balaban J connectivity index is 1.50. The molecule has 4 rings (SSSR count). The minimum absolute atomic E-state index is 0.0185. The molecule has 0 fully saturated rings. The second-order valence-electron chi connectivity index (χ2n) is 9.07. The normalized spacial score (nSPS) is 11.0. The summed E-state index contributed by atoms with van der Waals surface area (Å²) in [5, 5.41) is 10.5. The van der Waals surface area contributed by atoms with E-state index in [1.54, 1.807) is 56.6 Å². The number of carbonyl (C=O) groups excluding carboxylic acids is 3. The van der Waals surface area contributed by atoms with Gasteiger partial charge in [-0.1, -0.05) is 23.7 Å². The Hall–Kier alpha value is -4.51. The van der Waals surface area contributed by atoms with Gasteiger partial charge in [-0.2, -0.15) is 5.10 Å². The Bertz CT molecular complexity index is 1520. The van der Waals surface area contributed by atoms with Gasteiger partial charge in [0.2, 0.25) is 11.8 Å². The number of primary amides is 1. The summed E-state index contributed by atoms with van der Waals surface area (Å²) in [7, 11) is 0. The van der Waals surface area contributed by atoms with Gasteiger partial charge in [0.05, 0.1) is 29.0 Å². The Kier molecular flexibility index (Phi) is 8.40. The highest BCUT2D eigenvalue weighted by molar-refractivity contribution is 6.30. The highest BCUT2D eigenvalue weighted by Gasteiger charge is 2.23. The van der Waals surface area contributed by atoms with Crippen molar-refractivity contribution < 1.29 is 18.8 Å². The van der Waals surface area contributed by atoms with Crippen LogP contribution >= 0.6 is 11.6 Å². The number of pyridine rings is 1. The van der Waals surface area contributed by atoms with Crippen LogP contribution in [-0.4, -0.2) is 50.0 Å². The summed E-state index contributed by atoms with van der Waals surface area (Å²) in [5.74, 6) is -2.21. The summed E-state index contributed by atoms with van der Waals surface area (Å²) in [6.07, 6.45) is 3.31. The van der Waals surface area contributed by atoms with Gasteiger partial charge in [0.25, 0.3) is 5.91 Å². The first kappa shape index (κ1) is 27.5. The summed E-state index contributed by atoms with van der Waals surface area (Å²) in [6, 6.07) is 13.1. The molecule has 202 valence electrons. The van der Waals surface area contributed by atoms with Gasteiger partial charge < -0.3 is 21.3 Å². The number of amides is 3. The zero-order chi connectivity index (χ0) is 28.1. The van der Waals surface area contributed by atoms with Crippen molar-refractivity contribution >= 4 is 51.6 Å². The topological polar surface area (TPSA) is 135 Å². The van der Waals surface area contributed by atoms with Gasteiger partial charge in [0.1, 0.15) is 12.4 Å². The third kappa shape index (κ3) is 6.50. The van der Waals surface area contributed by atoms with Crippen LogP contribution in [0.25, 0.3) is 10.9 Å². The van der Waals surface area contributed by atoms with Crippen LogP contribution in [0.2, 0.25) is 5.02 Å². The van der Waals surface area contributed by atoms with Crippen molar-refractivity contribution in [3.05, 3.63) is 83.0 Å². The molecule has 2 aromatic heterocycles. The quantitative estimate of drug-likeness (QED) is 0.275. The van der Waals surface area contributed by atoms with Crippen LogP contribution in [0.3, 0.4) is 0 Å². The second-order valence-corrected chi connectivity index (χ2v) is 9.48. The van der Waals surface area contributed by atoms with Crippen LogP contribution < -0.4 is 16.4 Å². The molecule has 39 heavy (non-hydrogen) atoms. The van der Waals surface area contributed by atoms with Crippen LogP contribution in [0.1, 0.15) is 29.9 Å². The van der Waals surface area contributed by atoms with Crippen molar-refractivity contribution in [1.82, 2.24) is 25.0 Å². The lowest BCUT2D eigenvalue weighted by Gasteiger charge is -2.26. The van der Waals surface area contributed by atoms with Crippen molar-refractivity contribution in [3.8, 4) is 0 Å². The molecule has 0 aliphatic rings. The molecule has 0 aliphatic carbocycles. The van der Waals surface area contributed by atoms with Gasteiger partial charge in [-0.3, -0.25) is 24.0 Å². The summed E-state index contributed by atoms with van der Waals surface area (Å²) in [4.78, 5) is 43.5. The Morgan fingerprint density at radius 3 is 2.62 bits per heavy atom. The maximum atomic E-state index is 14.1. The monoisotopic (exact) mass is 551 g/mol. The average Bonchev–Trinajstić information content (AvgIpc) is 3.26. The predicted octanol–water partition coefficient (Wildman–Crippen LogP) is 3.62. The molecule has 4 N–H and O–H groups in total. The lowest BCUT2D eigenvalue weighted by atomic mass is 10.1. The predicted molar refractivity (Wildman–Crippen MR) is 146 cm³/mol. The van der Waals surface area contributed by atoms with E-state index in [1.165, 1.54) is 21.7 Å². The Morgan fingerprint density at radius 1 is 1.13 bits per heavy atom. The van der Waals surface area contributed by atoms with Gasteiger partial charge in [0.15, 0.2) is 5.69 Å². The average molecular weight is 552 g/mol. The summed E-state index contributed by atoms with van der Waals surface area (Å²) in [5.41, 5.74) is 7.79. The van der Waals surface area contributed by atoms with Crippen molar-refractivity contribution in [2.45, 2.75) is 33.0 Å². The minimum atomic E-state index is -0.738.